The standard InChI is InChI=1S/C23H22N2O6S/c1-13(2)30-23(27)20-16-5-3-4-6-19(16)32-22(20)24-21(26)18-12-11-17(31-18)14-7-9-15(10-8-14)25(28)29/h7-13H,3-6H2,1-2H3,(H,24,26). The molecule has 2 aromatic heterocycles. The molecular weight excluding hydrogens is 432 g/mol. The summed E-state index contributed by atoms with van der Waals surface area (Å²) in [5.74, 6) is -0.418. The molecule has 8 nitrogen and oxygen atoms in total. The van der Waals surface area contributed by atoms with Crippen molar-refractivity contribution in [3.05, 3.63) is 68.3 Å². The molecule has 0 saturated carbocycles. The van der Waals surface area contributed by atoms with Crippen LogP contribution in [0, 0.1) is 10.1 Å². The number of furan rings is 1. The minimum absolute atomic E-state index is 0.0271. The van der Waals surface area contributed by atoms with Crippen LogP contribution in [0.3, 0.4) is 0 Å². The first-order valence-corrected chi connectivity index (χ1v) is 11.2. The van der Waals surface area contributed by atoms with E-state index < -0.39 is 16.8 Å². The molecule has 0 bridgehead atoms. The lowest BCUT2D eigenvalue weighted by molar-refractivity contribution is -0.384. The molecule has 32 heavy (non-hydrogen) atoms. The Morgan fingerprint density at radius 1 is 1.12 bits per heavy atom. The monoisotopic (exact) mass is 454 g/mol. The van der Waals surface area contributed by atoms with Gasteiger partial charge in [-0.15, -0.1) is 11.3 Å². The van der Waals surface area contributed by atoms with Gasteiger partial charge in [-0.2, -0.15) is 0 Å². The fraction of sp³-hybridized carbons (Fsp3) is 0.304. The summed E-state index contributed by atoms with van der Waals surface area (Å²) in [6, 6.07) is 9.04. The van der Waals surface area contributed by atoms with Crippen LogP contribution in [0.25, 0.3) is 11.3 Å². The van der Waals surface area contributed by atoms with Gasteiger partial charge < -0.3 is 14.5 Å². The van der Waals surface area contributed by atoms with Crippen LogP contribution in [0.1, 0.15) is 58.0 Å². The molecule has 4 rings (SSSR count). The van der Waals surface area contributed by atoms with Gasteiger partial charge in [-0.05, 0) is 69.4 Å². The number of aryl methyl sites for hydroxylation is 1. The third kappa shape index (κ3) is 4.43. The van der Waals surface area contributed by atoms with Crippen molar-refractivity contribution in [2.75, 3.05) is 5.32 Å². The highest BCUT2D eigenvalue weighted by molar-refractivity contribution is 7.17. The Labute approximate surface area is 188 Å². The van der Waals surface area contributed by atoms with Crippen molar-refractivity contribution >= 4 is 33.9 Å². The average Bonchev–Trinajstić information content (AvgIpc) is 3.38. The van der Waals surface area contributed by atoms with E-state index >= 15 is 0 Å². The number of carbonyl (C=O) groups is 2. The second-order valence-corrected chi connectivity index (χ2v) is 8.90. The molecule has 1 aliphatic rings. The number of amides is 1. The Balaban J connectivity index is 1.57. The van der Waals surface area contributed by atoms with Crippen LogP contribution in [0.2, 0.25) is 0 Å². The summed E-state index contributed by atoms with van der Waals surface area (Å²) in [4.78, 5) is 37.1. The summed E-state index contributed by atoms with van der Waals surface area (Å²) in [6.45, 7) is 3.58. The number of nitro benzene ring substituents is 1. The summed E-state index contributed by atoms with van der Waals surface area (Å²) in [6.07, 6.45) is 3.45. The summed E-state index contributed by atoms with van der Waals surface area (Å²) in [5.41, 5.74) is 1.99. The molecule has 1 N–H and O–H groups in total. The predicted octanol–water partition coefficient (Wildman–Crippen LogP) is 5.61. The Morgan fingerprint density at radius 3 is 2.53 bits per heavy atom. The zero-order chi connectivity index (χ0) is 22.8. The Hall–Kier alpha value is -3.46. The van der Waals surface area contributed by atoms with Gasteiger partial charge in [-0.3, -0.25) is 14.9 Å². The molecule has 1 aromatic carbocycles. The number of rotatable bonds is 6. The number of nitrogens with zero attached hydrogens (tertiary/aromatic N) is 1. The van der Waals surface area contributed by atoms with Crippen LogP contribution in [-0.4, -0.2) is 22.9 Å². The first-order valence-electron chi connectivity index (χ1n) is 10.3. The lowest BCUT2D eigenvalue weighted by Crippen LogP contribution is -2.17. The predicted molar refractivity (Wildman–Crippen MR) is 120 cm³/mol. The largest absolute Gasteiger partial charge is 0.459 e. The summed E-state index contributed by atoms with van der Waals surface area (Å²) in [5, 5.41) is 14.1. The molecule has 0 saturated heterocycles. The molecule has 0 fully saturated rings. The maximum atomic E-state index is 12.9. The van der Waals surface area contributed by atoms with Crippen molar-refractivity contribution in [3.8, 4) is 11.3 Å². The number of thiophene rings is 1. The lowest BCUT2D eigenvalue weighted by atomic mass is 9.95. The first-order chi connectivity index (χ1) is 15.3. The number of carbonyl (C=O) groups excluding carboxylic acids is 2. The smallest absolute Gasteiger partial charge is 0.341 e. The zero-order valence-electron chi connectivity index (χ0n) is 17.7. The van der Waals surface area contributed by atoms with E-state index in [4.69, 9.17) is 9.15 Å². The minimum Gasteiger partial charge on any atom is -0.459 e. The number of hydrogen-bond donors (Lipinski definition) is 1. The first kappa shape index (κ1) is 21.8. The van der Waals surface area contributed by atoms with E-state index in [1.54, 1.807) is 32.0 Å². The summed E-state index contributed by atoms with van der Waals surface area (Å²) in [7, 11) is 0. The number of nitrogens with one attached hydrogen (secondary N) is 1. The third-order valence-corrected chi connectivity index (χ3v) is 6.34. The van der Waals surface area contributed by atoms with Crippen molar-refractivity contribution in [2.24, 2.45) is 0 Å². The van der Waals surface area contributed by atoms with Crippen LogP contribution in [0.15, 0.2) is 40.8 Å². The third-order valence-electron chi connectivity index (χ3n) is 5.14. The number of nitro groups is 1. The molecule has 1 amide bonds. The van der Waals surface area contributed by atoms with E-state index in [1.165, 1.54) is 29.5 Å². The number of anilines is 1. The van der Waals surface area contributed by atoms with Gasteiger partial charge in [0.25, 0.3) is 11.6 Å². The zero-order valence-corrected chi connectivity index (χ0v) is 18.5. The van der Waals surface area contributed by atoms with E-state index in [1.807, 2.05) is 0 Å². The lowest BCUT2D eigenvalue weighted by Gasteiger charge is -2.14. The normalized spacial score (nSPS) is 13.0. The van der Waals surface area contributed by atoms with Gasteiger partial charge in [0.15, 0.2) is 5.76 Å². The fourth-order valence-electron chi connectivity index (χ4n) is 3.67. The molecule has 0 spiro atoms. The van der Waals surface area contributed by atoms with Crippen molar-refractivity contribution in [3.63, 3.8) is 0 Å². The van der Waals surface area contributed by atoms with Gasteiger partial charge in [0, 0.05) is 22.6 Å². The SMILES string of the molecule is CC(C)OC(=O)c1c(NC(=O)c2ccc(-c3ccc([N+](=O)[O-])cc3)o2)sc2c1CCCC2. The molecule has 3 aromatic rings. The number of non-ortho nitro benzene ring substituents is 1. The van der Waals surface area contributed by atoms with Crippen LogP contribution in [-0.2, 0) is 17.6 Å². The molecule has 0 atom stereocenters. The molecule has 166 valence electrons. The molecule has 0 unspecified atom stereocenters. The topological polar surface area (TPSA) is 112 Å². The summed E-state index contributed by atoms with van der Waals surface area (Å²) < 4.78 is 11.1. The molecule has 2 heterocycles. The van der Waals surface area contributed by atoms with Gasteiger partial charge >= 0.3 is 5.97 Å². The second-order valence-electron chi connectivity index (χ2n) is 7.79. The number of ether oxygens (including phenoxy) is 1. The number of fused-ring (bicyclic) bond motifs is 1. The van der Waals surface area contributed by atoms with Crippen molar-refractivity contribution in [2.45, 2.75) is 45.6 Å². The van der Waals surface area contributed by atoms with Crippen molar-refractivity contribution in [1.29, 1.82) is 0 Å². The Bertz CT molecular complexity index is 1180. The Kier molecular flexibility index (Phi) is 6.09. The van der Waals surface area contributed by atoms with Crippen LogP contribution < -0.4 is 5.32 Å². The average molecular weight is 455 g/mol. The van der Waals surface area contributed by atoms with E-state index in [0.29, 0.717) is 21.9 Å². The van der Waals surface area contributed by atoms with Gasteiger partial charge in [-0.25, -0.2) is 4.79 Å². The molecule has 1 aliphatic carbocycles. The Morgan fingerprint density at radius 2 is 1.84 bits per heavy atom. The van der Waals surface area contributed by atoms with Crippen molar-refractivity contribution < 1.29 is 23.7 Å². The van der Waals surface area contributed by atoms with E-state index in [9.17, 15) is 19.7 Å². The minimum atomic E-state index is -0.479. The van der Waals surface area contributed by atoms with Gasteiger partial charge in [0.05, 0.1) is 16.6 Å². The van der Waals surface area contributed by atoms with Crippen LogP contribution >= 0.6 is 11.3 Å². The molecular formula is C23H22N2O6S. The van der Waals surface area contributed by atoms with E-state index in [-0.39, 0.29) is 17.6 Å². The number of benzene rings is 1. The highest BCUT2D eigenvalue weighted by Crippen LogP contribution is 2.39. The quantitative estimate of drug-likeness (QED) is 0.294. The molecule has 9 heteroatoms. The van der Waals surface area contributed by atoms with Crippen LogP contribution in [0.5, 0.6) is 0 Å². The number of hydrogen-bond acceptors (Lipinski definition) is 7. The maximum absolute atomic E-state index is 12.9. The molecule has 0 aliphatic heterocycles. The van der Waals surface area contributed by atoms with Gasteiger partial charge in [0.2, 0.25) is 0 Å². The maximum Gasteiger partial charge on any atom is 0.341 e. The van der Waals surface area contributed by atoms with Crippen LogP contribution in [0.4, 0.5) is 10.7 Å². The highest BCUT2D eigenvalue weighted by Gasteiger charge is 2.28. The second kappa shape index (κ2) is 8.96. The fourth-order valence-corrected chi connectivity index (χ4v) is 4.94. The van der Waals surface area contributed by atoms with Gasteiger partial charge in [0.1, 0.15) is 10.8 Å². The number of esters is 1. The van der Waals surface area contributed by atoms with Gasteiger partial charge in [-0.1, -0.05) is 0 Å². The summed E-state index contributed by atoms with van der Waals surface area (Å²) >= 11 is 1.41. The van der Waals surface area contributed by atoms with E-state index in [0.717, 1.165) is 36.1 Å². The highest BCUT2D eigenvalue weighted by atomic mass is 32.1. The molecule has 0 radical (unpaired) electrons. The van der Waals surface area contributed by atoms with E-state index in [2.05, 4.69) is 5.32 Å². The van der Waals surface area contributed by atoms with Crippen molar-refractivity contribution in [1.82, 2.24) is 0 Å².